The largest absolute Gasteiger partial charge is 0.496 e. The molecule has 1 N–H and O–H groups in total. The number of methoxy groups -OCH3 is 1. The van der Waals surface area contributed by atoms with Gasteiger partial charge in [-0.3, -0.25) is 0 Å². The van der Waals surface area contributed by atoms with Gasteiger partial charge in [-0.15, -0.1) is 0 Å². The van der Waals surface area contributed by atoms with Crippen LogP contribution in [0.2, 0.25) is 0 Å². The summed E-state index contributed by atoms with van der Waals surface area (Å²) in [6, 6.07) is 3.46. The summed E-state index contributed by atoms with van der Waals surface area (Å²) in [5, 5.41) is 11.3. The fraction of sp³-hybridized carbons (Fsp3) is 0.300. The van der Waals surface area contributed by atoms with Crippen LogP contribution in [0, 0.1) is 0 Å². The standard InChI is InChI=1S/C10H10F3NO2/c1-6(14-15)7-3-4-9(16-2)8(5-7)10(11,12)13/h3-5,15H,1-2H3/b14-6+. The van der Waals surface area contributed by atoms with E-state index in [1.807, 2.05) is 0 Å². The normalized spacial score (nSPS) is 12.7. The SMILES string of the molecule is COc1ccc(/C(C)=N/O)cc1C(F)(F)F. The van der Waals surface area contributed by atoms with Crippen molar-refractivity contribution in [1.82, 2.24) is 0 Å². The maximum absolute atomic E-state index is 12.6. The van der Waals surface area contributed by atoms with Crippen LogP contribution in [0.15, 0.2) is 23.4 Å². The summed E-state index contributed by atoms with van der Waals surface area (Å²) in [7, 11) is 1.16. The highest BCUT2D eigenvalue weighted by molar-refractivity contribution is 5.98. The molecule has 0 radical (unpaired) electrons. The van der Waals surface area contributed by atoms with E-state index in [4.69, 9.17) is 5.21 Å². The molecule has 0 bridgehead atoms. The molecule has 1 rings (SSSR count). The summed E-state index contributed by atoms with van der Waals surface area (Å²) < 4.78 is 42.4. The molecule has 3 nitrogen and oxygen atoms in total. The summed E-state index contributed by atoms with van der Waals surface area (Å²) in [6.07, 6.45) is -4.50. The minimum atomic E-state index is -4.50. The van der Waals surface area contributed by atoms with E-state index in [2.05, 4.69) is 9.89 Å². The minimum Gasteiger partial charge on any atom is -0.496 e. The van der Waals surface area contributed by atoms with Gasteiger partial charge in [0, 0.05) is 0 Å². The Morgan fingerprint density at radius 2 is 2.00 bits per heavy atom. The lowest BCUT2D eigenvalue weighted by molar-refractivity contribution is -0.138. The number of hydrogen-bond donors (Lipinski definition) is 1. The predicted molar refractivity (Wildman–Crippen MR) is 52.0 cm³/mol. The van der Waals surface area contributed by atoms with E-state index in [0.717, 1.165) is 13.2 Å². The Kier molecular flexibility index (Phi) is 3.41. The average molecular weight is 233 g/mol. The molecule has 0 heterocycles. The average Bonchev–Trinajstić information content (AvgIpc) is 2.26. The van der Waals surface area contributed by atoms with Crippen LogP contribution in [0.25, 0.3) is 0 Å². The van der Waals surface area contributed by atoms with Crippen LogP contribution in [0.3, 0.4) is 0 Å². The number of oxime groups is 1. The number of rotatable bonds is 2. The molecule has 0 amide bonds. The molecule has 0 unspecified atom stereocenters. The van der Waals surface area contributed by atoms with Gasteiger partial charge in [0.05, 0.1) is 18.4 Å². The summed E-state index contributed by atoms with van der Waals surface area (Å²) in [5.74, 6) is -0.262. The van der Waals surface area contributed by atoms with Crippen LogP contribution < -0.4 is 4.74 Å². The minimum absolute atomic E-state index is 0.105. The highest BCUT2D eigenvalue weighted by Crippen LogP contribution is 2.36. The van der Waals surface area contributed by atoms with Crippen molar-refractivity contribution in [1.29, 1.82) is 0 Å². The van der Waals surface area contributed by atoms with Gasteiger partial charge in [0.2, 0.25) is 0 Å². The van der Waals surface area contributed by atoms with Crippen LogP contribution in [0.1, 0.15) is 18.1 Å². The van der Waals surface area contributed by atoms with Crippen LogP contribution in [-0.4, -0.2) is 18.0 Å². The summed E-state index contributed by atoms with van der Waals surface area (Å²) in [4.78, 5) is 0. The Hall–Kier alpha value is -1.72. The monoisotopic (exact) mass is 233 g/mol. The quantitative estimate of drug-likeness (QED) is 0.484. The first-order valence-corrected chi connectivity index (χ1v) is 4.34. The molecule has 0 aliphatic heterocycles. The lowest BCUT2D eigenvalue weighted by Gasteiger charge is -2.12. The number of halogens is 3. The number of hydrogen-bond acceptors (Lipinski definition) is 3. The van der Waals surface area contributed by atoms with Gasteiger partial charge in [-0.2, -0.15) is 13.2 Å². The summed E-state index contributed by atoms with van der Waals surface area (Å²) >= 11 is 0. The molecule has 16 heavy (non-hydrogen) atoms. The second-order valence-electron chi connectivity index (χ2n) is 3.10. The molecule has 1 aromatic carbocycles. The second kappa shape index (κ2) is 4.42. The third kappa shape index (κ3) is 2.44. The molecule has 0 aromatic heterocycles. The maximum atomic E-state index is 12.6. The molecule has 0 fully saturated rings. The second-order valence-corrected chi connectivity index (χ2v) is 3.10. The van der Waals surface area contributed by atoms with Gasteiger partial charge in [0.15, 0.2) is 0 Å². The van der Waals surface area contributed by atoms with Gasteiger partial charge < -0.3 is 9.94 Å². The summed E-state index contributed by atoms with van der Waals surface area (Å²) in [6.45, 7) is 1.40. The number of ether oxygens (including phenoxy) is 1. The number of benzene rings is 1. The van der Waals surface area contributed by atoms with Crippen molar-refractivity contribution in [2.75, 3.05) is 7.11 Å². The fourth-order valence-electron chi connectivity index (χ4n) is 1.21. The number of alkyl halides is 3. The Balaban J connectivity index is 3.33. The lowest BCUT2D eigenvalue weighted by atomic mass is 10.1. The molecule has 0 saturated heterocycles. The molecular formula is C10H10F3NO2. The fourth-order valence-corrected chi connectivity index (χ4v) is 1.21. The molecule has 0 atom stereocenters. The van der Waals surface area contributed by atoms with Gasteiger partial charge >= 0.3 is 6.18 Å². The smallest absolute Gasteiger partial charge is 0.419 e. The van der Waals surface area contributed by atoms with Crippen LogP contribution in [-0.2, 0) is 6.18 Å². The Bertz CT molecular complexity index is 413. The predicted octanol–water partition coefficient (Wildman–Crippen LogP) is 2.91. The Morgan fingerprint density at radius 3 is 2.44 bits per heavy atom. The van der Waals surface area contributed by atoms with Crippen LogP contribution in [0.5, 0.6) is 5.75 Å². The van der Waals surface area contributed by atoms with E-state index in [1.54, 1.807) is 0 Å². The van der Waals surface area contributed by atoms with Crippen molar-refractivity contribution >= 4 is 5.71 Å². The van der Waals surface area contributed by atoms with E-state index >= 15 is 0 Å². The molecule has 88 valence electrons. The van der Waals surface area contributed by atoms with E-state index < -0.39 is 11.7 Å². The molecular weight excluding hydrogens is 223 g/mol. The molecule has 0 aliphatic carbocycles. The van der Waals surface area contributed by atoms with Gasteiger partial charge in [-0.25, -0.2) is 0 Å². The Morgan fingerprint density at radius 1 is 1.38 bits per heavy atom. The third-order valence-corrected chi connectivity index (χ3v) is 2.07. The van der Waals surface area contributed by atoms with Crippen molar-refractivity contribution in [2.24, 2.45) is 5.16 Å². The third-order valence-electron chi connectivity index (χ3n) is 2.07. The zero-order chi connectivity index (χ0) is 12.3. The first kappa shape index (κ1) is 12.4. The van der Waals surface area contributed by atoms with Crippen molar-refractivity contribution in [3.8, 4) is 5.75 Å². The summed E-state index contributed by atoms with van der Waals surface area (Å²) in [5.41, 5.74) is -0.598. The van der Waals surface area contributed by atoms with Gasteiger partial charge in [-0.05, 0) is 30.7 Å². The molecule has 6 heteroatoms. The number of nitrogens with zero attached hydrogens (tertiary/aromatic N) is 1. The van der Waals surface area contributed by atoms with E-state index in [9.17, 15) is 13.2 Å². The Labute approximate surface area is 90.1 Å². The van der Waals surface area contributed by atoms with E-state index in [-0.39, 0.29) is 17.0 Å². The van der Waals surface area contributed by atoms with Crippen LogP contribution in [0.4, 0.5) is 13.2 Å². The maximum Gasteiger partial charge on any atom is 0.419 e. The van der Waals surface area contributed by atoms with Gasteiger partial charge in [0.25, 0.3) is 0 Å². The van der Waals surface area contributed by atoms with Crippen molar-refractivity contribution in [3.63, 3.8) is 0 Å². The molecule has 1 aromatic rings. The van der Waals surface area contributed by atoms with Gasteiger partial charge in [0.1, 0.15) is 5.75 Å². The lowest BCUT2D eigenvalue weighted by Crippen LogP contribution is -2.09. The van der Waals surface area contributed by atoms with Gasteiger partial charge in [-0.1, -0.05) is 5.16 Å². The zero-order valence-electron chi connectivity index (χ0n) is 8.67. The molecule has 0 aliphatic rings. The molecule has 0 spiro atoms. The van der Waals surface area contributed by atoms with Crippen molar-refractivity contribution in [2.45, 2.75) is 13.1 Å². The first-order valence-electron chi connectivity index (χ1n) is 4.34. The zero-order valence-corrected chi connectivity index (χ0v) is 8.67. The molecule has 0 saturated carbocycles. The highest BCUT2D eigenvalue weighted by atomic mass is 19.4. The topological polar surface area (TPSA) is 41.8 Å². The highest BCUT2D eigenvalue weighted by Gasteiger charge is 2.34. The van der Waals surface area contributed by atoms with E-state index in [1.165, 1.54) is 19.1 Å². The first-order chi connectivity index (χ1) is 7.40. The van der Waals surface area contributed by atoms with E-state index in [0.29, 0.717) is 0 Å². The van der Waals surface area contributed by atoms with Crippen LogP contribution >= 0.6 is 0 Å². The van der Waals surface area contributed by atoms with Crippen molar-refractivity contribution < 1.29 is 23.1 Å². The van der Waals surface area contributed by atoms with Crippen molar-refractivity contribution in [3.05, 3.63) is 29.3 Å².